The second-order valence-electron chi connectivity index (χ2n) is 4.73. The lowest BCUT2D eigenvalue weighted by molar-refractivity contribution is 0.806. The van der Waals surface area contributed by atoms with E-state index in [9.17, 15) is 0 Å². The molecule has 0 radical (unpaired) electrons. The second-order valence-corrected chi connectivity index (χ2v) is 8.20. The van der Waals surface area contributed by atoms with E-state index in [-0.39, 0.29) is 0 Å². The van der Waals surface area contributed by atoms with E-state index < -0.39 is 0 Å². The topological polar surface area (TPSA) is 0 Å². The zero-order valence-electron chi connectivity index (χ0n) is 8.97. The van der Waals surface area contributed by atoms with Gasteiger partial charge in [0.05, 0.1) is 0 Å². The minimum atomic E-state index is 0.342. The third-order valence-electron chi connectivity index (χ3n) is 0.899. The van der Waals surface area contributed by atoms with Crippen LogP contribution in [0.25, 0.3) is 0 Å². The molecule has 72 valence electrons. The lowest BCUT2D eigenvalue weighted by Gasteiger charge is -2.16. The molecule has 0 aromatic heterocycles. The Morgan fingerprint density at radius 1 is 0.667 bits per heavy atom. The average Bonchev–Trinajstić information content (AvgIpc) is 1.76. The number of rotatable bonds is 2. The van der Waals surface area contributed by atoms with Gasteiger partial charge < -0.3 is 0 Å². The van der Waals surface area contributed by atoms with Gasteiger partial charge >= 0.3 is 0 Å². The summed E-state index contributed by atoms with van der Waals surface area (Å²) in [7, 11) is 0. The Balaban J connectivity index is 3.66. The lowest BCUT2D eigenvalue weighted by atomic mass is 10.3. The van der Waals surface area contributed by atoms with Gasteiger partial charge in [-0.2, -0.15) is 0 Å². The van der Waals surface area contributed by atoms with Crippen molar-refractivity contribution in [3.63, 3.8) is 0 Å². The summed E-state index contributed by atoms with van der Waals surface area (Å²) in [5.41, 5.74) is 0. The third kappa shape index (κ3) is 10.4. The van der Waals surface area contributed by atoms with E-state index in [1.54, 1.807) is 0 Å². The largest absolute Gasteiger partial charge is 0.128 e. The van der Waals surface area contributed by atoms with Crippen molar-refractivity contribution >= 4 is 23.5 Å². The van der Waals surface area contributed by atoms with Crippen LogP contribution in [-0.2, 0) is 0 Å². The van der Waals surface area contributed by atoms with Crippen LogP contribution < -0.4 is 0 Å². The van der Waals surface area contributed by atoms with Crippen molar-refractivity contribution in [3.8, 4) is 0 Å². The summed E-state index contributed by atoms with van der Waals surface area (Å²) >= 11 is 3.75. The monoisotopic (exact) mass is 204 g/mol. The highest BCUT2D eigenvalue weighted by molar-refractivity contribution is 8.06. The SMILES string of the molecule is CC(C)(C)S/C=C\SC(C)(C)C. The fraction of sp³-hybridized carbons (Fsp3) is 0.800. The van der Waals surface area contributed by atoms with Gasteiger partial charge in [-0.15, -0.1) is 23.5 Å². The number of hydrogen-bond donors (Lipinski definition) is 0. The highest BCUT2D eigenvalue weighted by Gasteiger charge is 2.09. The van der Waals surface area contributed by atoms with Gasteiger partial charge in [0.2, 0.25) is 0 Å². The van der Waals surface area contributed by atoms with Gasteiger partial charge in [0.1, 0.15) is 0 Å². The van der Waals surface area contributed by atoms with Crippen LogP contribution in [0, 0.1) is 0 Å². The molecule has 0 amide bonds. The van der Waals surface area contributed by atoms with Gasteiger partial charge in [-0.05, 0) is 10.8 Å². The molecule has 0 unspecified atom stereocenters. The molecule has 0 saturated carbocycles. The molecule has 0 aliphatic rings. The molecule has 0 atom stereocenters. The first-order valence-corrected chi connectivity index (χ1v) is 5.97. The maximum Gasteiger partial charge on any atom is 0.0117 e. The second kappa shape index (κ2) is 4.61. The maximum atomic E-state index is 2.23. The summed E-state index contributed by atoms with van der Waals surface area (Å²) < 4.78 is 0.684. The zero-order chi connectivity index (χ0) is 9.83. The molecule has 0 aromatic carbocycles. The van der Waals surface area contributed by atoms with Crippen LogP contribution in [0.5, 0.6) is 0 Å². The van der Waals surface area contributed by atoms with Gasteiger partial charge in [-0.25, -0.2) is 0 Å². The third-order valence-corrected chi connectivity index (χ3v) is 3.03. The van der Waals surface area contributed by atoms with E-state index in [1.165, 1.54) is 0 Å². The predicted octanol–water partition coefficient (Wildman–Crippen LogP) is 4.52. The molecule has 0 bridgehead atoms. The first kappa shape index (κ1) is 12.4. The molecule has 0 heterocycles. The standard InChI is InChI=1S/C10H20S2/c1-9(2,3)11-7-8-12-10(4,5)6/h7-8H,1-6H3/b8-7-. The van der Waals surface area contributed by atoms with Crippen LogP contribution >= 0.6 is 23.5 Å². The average molecular weight is 204 g/mol. The lowest BCUT2D eigenvalue weighted by Crippen LogP contribution is -2.06. The van der Waals surface area contributed by atoms with Crippen molar-refractivity contribution in [1.82, 2.24) is 0 Å². The molecule has 2 heteroatoms. The quantitative estimate of drug-likeness (QED) is 0.648. The molecule has 0 nitrogen and oxygen atoms in total. The van der Waals surface area contributed by atoms with Crippen molar-refractivity contribution in [3.05, 3.63) is 10.8 Å². The van der Waals surface area contributed by atoms with Gasteiger partial charge in [-0.3, -0.25) is 0 Å². The van der Waals surface area contributed by atoms with Crippen molar-refractivity contribution in [2.24, 2.45) is 0 Å². The Morgan fingerprint density at radius 2 is 0.917 bits per heavy atom. The molecule has 0 aliphatic carbocycles. The van der Waals surface area contributed by atoms with E-state index in [2.05, 4.69) is 52.4 Å². The van der Waals surface area contributed by atoms with E-state index in [0.717, 1.165) is 0 Å². The summed E-state index contributed by atoms with van der Waals surface area (Å²) in [6, 6.07) is 0. The fourth-order valence-electron chi connectivity index (χ4n) is 0.464. The van der Waals surface area contributed by atoms with Crippen molar-refractivity contribution in [1.29, 1.82) is 0 Å². The van der Waals surface area contributed by atoms with Crippen LogP contribution in [-0.4, -0.2) is 9.49 Å². The molecule has 0 N–H and O–H groups in total. The minimum absolute atomic E-state index is 0.342. The summed E-state index contributed by atoms with van der Waals surface area (Å²) in [5, 5.41) is 4.38. The van der Waals surface area contributed by atoms with Crippen LogP contribution in [0.3, 0.4) is 0 Å². The Labute approximate surface area is 85.6 Å². The molecule has 12 heavy (non-hydrogen) atoms. The van der Waals surface area contributed by atoms with Crippen LogP contribution in [0.15, 0.2) is 10.8 Å². The Morgan fingerprint density at radius 3 is 1.08 bits per heavy atom. The summed E-state index contributed by atoms with van der Waals surface area (Å²) in [5.74, 6) is 0. The van der Waals surface area contributed by atoms with E-state index >= 15 is 0 Å². The smallest absolute Gasteiger partial charge is 0.0117 e. The van der Waals surface area contributed by atoms with Gasteiger partial charge in [0, 0.05) is 9.49 Å². The summed E-state index contributed by atoms with van der Waals surface area (Å²) in [6.45, 7) is 13.4. The number of hydrogen-bond acceptors (Lipinski definition) is 2. The fourth-order valence-corrected chi connectivity index (χ4v) is 1.72. The Hall–Kier alpha value is 0.440. The van der Waals surface area contributed by atoms with Crippen molar-refractivity contribution < 1.29 is 0 Å². The molecular weight excluding hydrogens is 184 g/mol. The van der Waals surface area contributed by atoms with Crippen molar-refractivity contribution in [2.45, 2.75) is 51.0 Å². The van der Waals surface area contributed by atoms with Gasteiger partial charge in [0.15, 0.2) is 0 Å². The molecule has 0 aromatic rings. The molecule has 0 spiro atoms. The molecule has 0 rings (SSSR count). The molecule has 0 fully saturated rings. The highest BCUT2D eigenvalue weighted by atomic mass is 32.2. The van der Waals surface area contributed by atoms with Crippen LogP contribution in [0.2, 0.25) is 0 Å². The maximum absolute atomic E-state index is 2.23. The highest BCUT2D eigenvalue weighted by Crippen LogP contribution is 2.29. The summed E-state index contributed by atoms with van der Waals surface area (Å²) in [4.78, 5) is 0. The summed E-state index contributed by atoms with van der Waals surface area (Å²) in [6.07, 6.45) is 0. The Kier molecular flexibility index (Phi) is 4.78. The van der Waals surface area contributed by atoms with Crippen LogP contribution in [0.1, 0.15) is 41.5 Å². The number of thioether (sulfide) groups is 2. The first-order valence-electron chi connectivity index (χ1n) is 4.21. The van der Waals surface area contributed by atoms with Gasteiger partial charge in [0.25, 0.3) is 0 Å². The van der Waals surface area contributed by atoms with E-state index in [0.29, 0.717) is 9.49 Å². The zero-order valence-corrected chi connectivity index (χ0v) is 10.6. The molecule has 0 aliphatic heterocycles. The predicted molar refractivity (Wildman–Crippen MR) is 63.8 cm³/mol. The van der Waals surface area contributed by atoms with E-state index in [1.807, 2.05) is 23.5 Å². The Bertz CT molecular complexity index is 128. The van der Waals surface area contributed by atoms with Gasteiger partial charge in [-0.1, -0.05) is 41.5 Å². The first-order chi connectivity index (χ1) is 5.21. The molecule has 0 saturated heterocycles. The van der Waals surface area contributed by atoms with E-state index in [4.69, 9.17) is 0 Å². The van der Waals surface area contributed by atoms with Crippen molar-refractivity contribution in [2.75, 3.05) is 0 Å². The molecular formula is C10H20S2. The normalized spacial score (nSPS) is 14.2. The minimum Gasteiger partial charge on any atom is -0.128 e. The van der Waals surface area contributed by atoms with Crippen LogP contribution in [0.4, 0.5) is 0 Å².